The first-order valence-corrected chi connectivity index (χ1v) is 9.41. The van der Waals surface area contributed by atoms with Crippen molar-refractivity contribution in [1.29, 1.82) is 0 Å². The number of sulfone groups is 1. The van der Waals surface area contributed by atoms with Crippen molar-refractivity contribution < 1.29 is 8.42 Å². The van der Waals surface area contributed by atoms with Gasteiger partial charge in [-0.15, -0.1) is 0 Å². The topological polar surface area (TPSA) is 46.2 Å². The Bertz CT molecular complexity index is 329. The van der Waals surface area contributed by atoms with Crippen LogP contribution in [0.2, 0.25) is 0 Å². The fraction of sp³-hybridized carbons (Fsp3) is 1.00. The van der Waals surface area contributed by atoms with E-state index in [9.17, 15) is 8.42 Å². The van der Waals surface area contributed by atoms with Crippen molar-refractivity contribution in [2.45, 2.75) is 38.0 Å². The van der Waals surface area contributed by atoms with Crippen molar-refractivity contribution in [2.24, 2.45) is 11.8 Å². The molecule has 1 aliphatic rings. The van der Waals surface area contributed by atoms with Crippen LogP contribution in [0.15, 0.2) is 0 Å². The summed E-state index contributed by atoms with van der Waals surface area (Å²) in [7, 11) is -0.805. The van der Waals surface area contributed by atoms with E-state index in [1.165, 1.54) is 19.1 Å². The minimum atomic E-state index is -2.82. The average Bonchev–Trinajstić information content (AvgIpc) is 2.18. The summed E-state index contributed by atoms with van der Waals surface area (Å²) < 4.78 is 22.3. The molecule has 0 aromatic rings. The van der Waals surface area contributed by atoms with Gasteiger partial charge in [-0.05, 0) is 31.7 Å². The molecule has 0 amide bonds. The molecule has 0 saturated heterocycles. The molecule has 0 aromatic heterocycles. The third kappa shape index (κ3) is 5.18. The minimum Gasteiger partial charge on any atom is -0.316 e. The summed E-state index contributed by atoms with van der Waals surface area (Å²) in [6, 6.07) is 0.526. The first-order valence-electron chi connectivity index (χ1n) is 6.30. The van der Waals surface area contributed by atoms with Crippen LogP contribution in [0.25, 0.3) is 0 Å². The normalized spacial score (nSPS) is 34.8. The van der Waals surface area contributed by atoms with Gasteiger partial charge in [0.25, 0.3) is 0 Å². The number of hydrogen-bond donors (Lipinski definition) is 1. The highest BCUT2D eigenvalue weighted by atomic mass is 32.2. The predicted molar refractivity (Wildman–Crippen MR) is 76.4 cm³/mol. The maximum Gasteiger partial charge on any atom is 0.148 e. The lowest BCUT2D eigenvalue weighted by molar-refractivity contribution is 0.257. The zero-order valence-corrected chi connectivity index (χ0v) is 12.9. The van der Waals surface area contributed by atoms with E-state index in [0.29, 0.717) is 23.0 Å². The lowest BCUT2D eigenvalue weighted by atomic mass is 9.80. The van der Waals surface area contributed by atoms with E-state index in [4.69, 9.17) is 0 Å². The Morgan fingerprint density at radius 2 is 1.94 bits per heavy atom. The standard InChI is InChI=1S/C12H25NO2S2/c1-9-7-10(2)12(11(8-9)13-3)16-5-6-17(4,14)15/h9-13H,5-8H2,1-4H3. The molecule has 0 aliphatic heterocycles. The summed E-state index contributed by atoms with van der Waals surface area (Å²) in [6.07, 6.45) is 3.78. The molecule has 3 nitrogen and oxygen atoms in total. The van der Waals surface area contributed by atoms with Crippen molar-refractivity contribution in [3.63, 3.8) is 0 Å². The second-order valence-electron chi connectivity index (χ2n) is 5.41. The molecule has 1 aliphatic carbocycles. The molecule has 0 radical (unpaired) electrons. The summed E-state index contributed by atoms with van der Waals surface area (Å²) in [5.74, 6) is 2.46. The Hall–Kier alpha value is 0.260. The van der Waals surface area contributed by atoms with E-state index in [1.807, 2.05) is 18.8 Å². The maximum absolute atomic E-state index is 11.1. The van der Waals surface area contributed by atoms with Gasteiger partial charge in [0.05, 0.1) is 5.75 Å². The van der Waals surface area contributed by atoms with Gasteiger partial charge in [0.15, 0.2) is 0 Å². The van der Waals surface area contributed by atoms with Crippen LogP contribution in [0.5, 0.6) is 0 Å². The van der Waals surface area contributed by atoms with Crippen molar-refractivity contribution in [2.75, 3.05) is 24.8 Å². The zero-order valence-electron chi connectivity index (χ0n) is 11.3. The Morgan fingerprint density at radius 3 is 2.47 bits per heavy atom. The van der Waals surface area contributed by atoms with Crippen LogP contribution in [0.1, 0.15) is 26.7 Å². The van der Waals surface area contributed by atoms with E-state index >= 15 is 0 Å². The van der Waals surface area contributed by atoms with Gasteiger partial charge in [-0.2, -0.15) is 11.8 Å². The number of hydrogen-bond acceptors (Lipinski definition) is 4. The van der Waals surface area contributed by atoms with Gasteiger partial charge in [-0.1, -0.05) is 13.8 Å². The second-order valence-corrected chi connectivity index (χ2v) is 8.96. The fourth-order valence-corrected chi connectivity index (χ4v) is 5.51. The number of thioether (sulfide) groups is 1. The van der Waals surface area contributed by atoms with Gasteiger partial charge in [0.1, 0.15) is 9.84 Å². The van der Waals surface area contributed by atoms with Crippen LogP contribution in [-0.2, 0) is 9.84 Å². The van der Waals surface area contributed by atoms with E-state index in [0.717, 1.165) is 11.7 Å². The number of rotatable bonds is 5. The third-order valence-electron chi connectivity index (χ3n) is 3.52. The highest BCUT2D eigenvalue weighted by molar-refractivity contribution is 8.01. The molecular weight excluding hydrogens is 254 g/mol. The lowest BCUT2D eigenvalue weighted by Crippen LogP contribution is -2.45. The first kappa shape index (κ1) is 15.3. The molecule has 0 aromatic carbocycles. The summed E-state index contributed by atoms with van der Waals surface area (Å²) in [5, 5.41) is 3.95. The quantitative estimate of drug-likeness (QED) is 0.833. The molecule has 4 atom stereocenters. The van der Waals surface area contributed by atoms with Crippen LogP contribution in [0.3, 0.4) is 0 Å². The molecule has 0 spiro atoms. The van der Waals surface area contributed by atoms with Crippen molar-refractivity contribution in [3.05, 3.63) is 0 Å². The van der Waals surface area contributed by atoms with Crippen LogP contribution in [0, 0.1) is 11.8 Å². The monoisotopic (exact) mass is 279 g/mol. The Balaban J connectivity index is 2.49. The Kier molecular flexibility index (Phi) is 5.80. The molecule has 0 heterocycles. The molecule has 102 valence electrons. The van der Waals surface area contributed by atoms with Crippen molar-refractivity contribution in [3.8, 4) is 0 Å². The summed E-state index contributed by atoms with van der Waals surface area (Å²) in [4.78, 5) is 0. The first-order chi connectivity index (χ1) is 7.83. The maximum atomic E-state index is 11.1. The molecule has 1 fully saturated rings. The lowest BCUT2D eigenvalue weighted by Gasteiger charge is -2.39. The molecule has 1 N–H and O–H groups in total. The van der Waals surface area contributed by atoms with Gasteiger partial charge in [-0.3, -0.25) is 0 Å². The van der Waals surface area contributed by atoms with E-state index in [1.54, 1.807) is 0 Å². The highest BCUT2D eigenvalue weighted by Crippen LogP contribution is 2.36. The summed E-state index contributed by atoms with van der Waals surface area (Å²) in [6.45, 7) is 4.59. The number of nitrogens with one attached hydrogen (secondary N) is 1. The van der Waals surface area contributed by atoms with Crippen molar-refractivity contribution in [1.82, 2.24) is 5.32 Å². The Morgan fingerprint density at radius 1 is 1.29 bits per heavy atom. The molecule has 1 saturated carbocycles. The van der Waals surface area contributed by atoms with Gasteiger partial charge >= 0.3 is 0 Å². The van der Waals surface area contributed by atoms with Gasteiger partial charge < -0.3 is 5.32 Å². The molecule has 17 heavy (non-hydrogen) atoms. The summed E-state index contributed by atoms with van der Waals surface area (Å²) in [5.41, 5.74) is 0. The minimum absolute atomic E-state index is 0.298. The Labute approximate surface area is 110 Å². The fourth-order valence-electron chi connectivity index (χ4n) is 2.73. The van der Waals surface area contributed by atoms with Gasteiger partial charge in [0, 0.05) is 23.3 Å². The molecule has 1 rings (SSSR count). The summed E-state index contributed by atoms with van der Waals surface area (Å²) >= 11 is 1.83. The van der Waals surface area contributed by atoms with Crippen LogP contribution in [-0.4, -0.2) is 44.5 Å². The highest BCUT2D eigenvalue weighted by Gasteiger charge is 2.33. The van der Waals surface area contributed by atoms with Crippen LogP contribution >= 0.6 is 11.8 Å². The third-order valence-corrected chi connectivity index (χ3v) is 6.35. The van der Waals surface area contributed by atoms with E-state index < -0.39 is 9.84 Å². The van der Waals surface area contributed by atoms with Crippen molar-refractivity contribution >= 4 is 21.6 Å². The average molecular weight is 279 g/mol. The molecule has 5 heteroatoms. The second kappa shape index (κ2) is 6.43. The molecule has 4 unspecified atom stereocenters. The smallest absolute Gasteiger partial charge is 0.148 e. The van der Waals surface area contributed by atoms with E-state index in [-0.39, 0.29) is 0 Å². The van der Waals surface area contributed by atoms with Crippen LogP contribution < -0.4 is 5.32 Å². The van der Waals surface area contributed by atoms with Gasteiger partial charge in [-0.25, -0.2) is 8.42 Å². The van der Waals surface area contributed by atoms with Gasteiger partial charge in [0.2, 0.25) is 0 Å². The SMILES string of the molecule is CNC1CC(C)CC(C)C1SCCS(C)(=O)=O. The zero-order chi connectivity index (χ0) is 13.1. The largest absolute Gasteiger partial charge is 0.316 e. The predicted octanol–water partition coefficient (Wildman–Crippen LogP) is 1.79. The molecular formula is C12H25NO2S2. The molecule has 0 bridgehead atoms. The van der Waals surface area contributed by atoms with E-state index in [2.05, 4.69) is 19.2 Å². The van der Waals surface area contributed by atoms with Crippen LogP contribution in [0.4, 0.5) is 0 Å².